The Morgan fingerprint density at radius 1 is 0.923 bits per heavy atom. The fraction of sp³-hybridized carbons (Fsp3) is 0.364. The van der Waals surface area contributed by atoms with E-state index in [0.29, 0.717) is 18.2 Å². The summed E-state index contributed by atoms with van der Waals surface area (Å²) in [4.78, 5) is 30.0. The van der Waals surface area contributed by atoms with Crippen LogP contribution in [-0.2, 0) is 16.1 Å². The molecule has 2 saturated heterocycles. The van der Waals surface area contributed by atoms with Gasteiger partial charge in [0.25, 0.3) is 0 Å². The maximum atomic E-state index is 13.2. The lowest BCUT2D eigenvalue weighted by molar-refractivity contribution is -0.123. The average molecular weight is 348 g/mol. The Balaban J connectivity index is 1.63. The summed E-state index contributed by atoms with van der Waals surface area (Å²) in [6, 6.07) is 19.7. The lowest BCUT2D eigenvalue weighted by Crippen LogP contribution is -2.43. The largest absolute Gasteiger partial charge is 0.294 e. The quantitative estimate of drug-likeness (QED) is 0.796. The first-order chi connectivity index (χ1) is 12.6. The van der Waals surface area contributed by atoms with Crippen LogP contribution >= 0.6 is 0 Å². The number of carbonyl (C=O) groups is 2. The molecular formula is C22H24N2O2. The van der Waals surface area contributed by atoms with E-state index in [-0.39, 0.29) is 29.7 Å². The third-order valence-corrected chi connectivity index (χ3v) is 5.62. The third kappa shape index (κ3) is 2.74. The number of amides is 2. The van der Waals surface area contributed by atoms with Crippen LogP contribution in [-0.4, -0.2) is 29.3 Å². The first-order valence-electron chi connectivity index (χ1n) is 9.28. The van der Waals surface area contributed by atoms with E-state index in [1.165, 1.54) is 10.5 Å². The van der Waals surface area contributed by atoms with Gasteiger partial charge in [0.1, 0.15) is 0 Å². The van der Waals surface area contributed by atoms with Gasteiger partial charge in [0, 0.05) is 19.1 Å². The van der Waals surface area contributed by atoms with Gasteiger partial charge >= 0.3 is 0 Å². The molecule has 2 aliphatic rings. The summed E-state index contributed by atoms with van der Waals surface area (Å²) in [5.74, 6) is -0.265. The number of rotatable bonds is 4. The minimum absolute atomic E-state index is 0.0412. The molecule has 0 bridgehead atoms. The van der Waals surface area contributed by atoms with Crippen LogP contribution in [0.3, 0.4) is 0 Å². The molecule has 26 heavy (non-hydrogen) atoms. The highest BCUT2D eigenvalue weighted by Gasteiger charge is 2.58. The molecule has 0 aliphatic carbocycles. The summed E-state index contributed by atoms with van der Waals surface area (Å²) in [6.45, 7) is 5.72. The monoisotopic (exact) mass is 348 g/mol. The zero-order valence-electron chi connectivity index (χ0n) is 15.2. The molecule has 2 aromatic rings. The molecule has 0 aromatic heterocycles. The number of fused-ring (bicyclic) bond motifs is 1. The van der Waals surface area contributed by atoms with E-state index >= 15 is 0 Å². The van der Waals surface area contributed by atoms with Crippen molar-refractivity contribution in [1.29, 1.82) is 0 Å². The van der Waals surface area contributed by atoms with Crippen LogP contribution in [0.15, 0.2) is 60.7 Å². The van der Waals surface area contributed by atoms with Crippen molar-refractivity contribution < 1.29 is 9.59 Å². The number of hydrogen-bond acceptors (Lipinski definition) is 3. The summed E-state index contributed by atoms with van der Waals surface area (Å²) in [5.41, 5.74) is 1.91. The second-order valence-electron chi connectivity index (χ2n) is 7.63. The van der Waals surface area contributed by atoms with Gasteiger partial charge in [-0.3, -0.25) is 14.5 Å². The molecular weight excluding hydrogens is 324 g/mol. The van der Waals surface area contributed by atoms with Gasteiger partial charge in [-0.15, -0.1) is 0 Å². The van der Waals surface area contributed by atoms with Crippen LogP contribution in [0.4, 0.5) is 5.69 Å². The lowest BCUT2D eigenvalue weighted by atomic mass is 9.87. The fourth-order valence-electron chi connectivity index (χ4n) is 4.58. The molecule has 4 rings (SSSR count). The minimum Gasteiger partial charge on any atom is -0.294 e. The van der Waals surface area contributed by atoms with Gasteiger partial charge < -0.3 is 0 Å². The van der Waals surface area contributed by atoms with Crippen LogP contribution in [0, 0.1) is 17.8 Å². The van der Waals surface area contributed by atoms with Crippen LogP contribution in [0.25, 0.3) is 0 Å². The predicted octanol–water partition coefficient (Wildman–Crippen LogP) is 3.33. The van der Waals surface area contributed by atoms with Gasteiger partial charge in [0.2, 0.25) is 11.8 Å². The van der Waals surface area contributed by atoms with Crippen LogP contribution in [0.2, 0.25) is 0 Å². The van der Waals surface area contributed by atoms with E-state index in [9.17, 15) is 9.59 Å². The molecule has 0 radical (unpaired) electrons. The van der Waals surface area contributed by atoms with Crippen molar-refractivity contribution in [2.24, 2.45) is 17.8 Å². The number of para-hydroxylation sites is 1. The second kappa shape index (κ2) is 6.69. The van der Waals surface area contributed by atoms with Crippen molar-refractivity contribution in [2.75, 3.05) is 11.4 Å². The van der Waals surface area contributed by atoms with E-state index in [0.717, 1.165) is 6.54 Å². The van der Waals surface area contributed by atoms with Crippen molar-refractivity contribution in [3.05, 3.63) is 66.2 Å². The smallest absolute Gasteiger partial charge is 0.239 e. The predicted molar refractivity (Wildman–Crippen MR) is 101 cm³/mol. The molecule has 2 amide bonds. The summed E-state index contributed by atoms with van der Waals surface area (Å²) in [5, 5.41) is 0. The highest BCUT2D eigenvalue weighted by molar-refractivity contribution is 6.22. The summed E-state index contributed by atoms with van der Waals surface area (Å²) < 4.78 is 0. The molecule has 2 fully saturated rings. The van der Waals surface area contributed by atoms with Gasteiger partial charge in [-0.1, -0.05) is 62.4 Å². The Bertz CT molecular complexity index is 803. The number of anilines is 1. The standard InChI is InChI=1S/C22H24N2O2/c1-15(2)20-19-18(14-23(20)13-16-9-5-3-6-10-16)21(25)24(22(19)26)17-11-7-4-8-12-17/h3-12,15,18-20H,13-14H2,1-2H3/t18-,19-,20-/m1/s1. The average Bonchev–Trinajstić information content (AvgIpc) is 3.12. The van der Waals surface area contributed by atoms with Crippen molar-refractivity contribution in [2.45, 2.75) is 26.4 Å². The Labute approximate surface area is 154 Å². The van der Waals surface area contributed by atoms with Crippen LogP contribution in [0.1, 0.15) is 19.4 Å². The molecule has 4 nitrogen and oxygen atoms in total. The minimum atomic E-state index is -0.244. The number of likely N-dealkylation sites (tertiary alicyclic amines) is 1. The Morgan fingerprint density at radius 2 is 1.54 bits per heavy atom. The van der Waals surface area contributed by atoms with Crippen LogP contribution in [0.5, 0.6) is 0 Å². The normalized spacial score (nSPS) is 26.0. The maximum absolute atomic E-state index is 13.2. The van der Waals surface area contributed by atoms with E-state index in [2.05, 4.69) is 30.9 Å². The molecule has 0 saturated carbocycles. The van der Waals surface area contributed by atoms with Crippen molar-refractivity contribution in [3.63, 3.8) is 0 Å². The Kier molecular flexibility index (Phi) is 4.37. The molecule has 134 valence electrons. The van der Waals surface area contributed by atoms with Crippen molar-refractivity contribution in [1.82, 2.24) is 4.90 Å². The van der Waals surface area contributed by atoms with Gasteiger partial charge in [-0.05, 0) is 23.6 Å². The molecule has 2 aliphatic heterocycles. The maximum Gasteiger partial charge on any atom is 0.239 e. The van der Waals surface area contributed by atoms with Crippen molar-refractivity contribution >= 4 is 17.5 Å². The summed E-state index contributed by atoms with van der Waals surface area (Å²) >= 11 is 0. The van der Waals surface area contributed by atoms with E-state index in [1.807, 2.05) is 48.5 Å². The molecule has 2 aromatic carbocycles. The zero-order chi connectivity index (χ0) is 18.3. The Morgan fingerprint density at radius 3 is 2.15 bits per heavy atom. The molecule has 0 unspecified atom stereocenters. The van der Waals surface area contributed by atoms with Gasteiger partial charge in [-0.25, -0.2) is 4.90 Å². The topological polar surface area (TPSA) is 40.6 Å². The van der Waals surface area contributed by atoms with Gasteiger partial charge in [-0.2, -0.15) is 0 Å². The second-order valence-corrected chi connectivity index (χ2v) is 7.63. The SMILES string of the molecule is CC(C)[C@@H]1[C@@H]2C(=O)N(c3ccccc3)C(=O)[C@@H]2CN1Cc1ccccc1. The fourth-order valence-corrected chi connectivity index (χ4v) is 4.58. The van der Waals surface area contributed by atoms with Gasteiger partial charge in [0.15, 0.2) is 0 Å². The van der Waals surface area contributed by atoms with E-state index in [1.54, 1.807) is 0 Å². The van der Waals surface area contributed by atoms with E-state index in [4.69, 9.17) is 0 Å². The lowest BCUT2D eigenvalue weighted by Gasteiger charge is -2.31. The highest BCUT2D eigenvalue weighted by Crippen LogP contribution is 2.43. The van der Waals surface area contributed by atoms with Crippen LogP contribution < -0.4 is 4.90 Å². The highest BCUT2D eigenvalue weighted by atomic mass is 16.2. The number of carbonyl (C=O) groups excluding carboxylic acids is 2. The molecule has 2 heterocycles. The van der Waals surface area contributed by atoms with Gasteiger partial charge in [0.05, 0.1) is 17.5 Å². The number of imide groups is 1. The number of benzene rings is 2. The van der Waals surface area contributed by atoms with Crippen molar-refractivity contribution in [3.8, 4) is 0 Å². The summed E-state index contributed by atoms with van der Waals surface area (Å²) in [7, 11) is 0. The van der Waals surface area contributed by atoms with E-state index < -0.39 is 0 Å². The third-order valence-electron chi connectivity index (χ3n) is 5.62. The summed E-state index contributed by atoms with van der Waals surface area (Å²) in [6.07, 6.45) is 0. The zero-order valence-corrected chi connectivity index (χ0v) is 15.2. The number of nitrogens with zero attached hydrogens (tertiary/aromatic N) is 2. The first-order valence-corrected chi connectivity index (χ1v) is 9.28. The molecule has 4 heteroatoms. The molecule has 3 atom stereocenters. The first kappa shape index (κ1) is 17.0. The molecule has 0 N–H and O–H groups in total. The Hall–Kier alpha value is -2.46. The number of hydrogen-bond donors (Lipinski definition) is 0. The molecule has 0 spiro atoms.